The summed E-state index contributed by atoms with van der Waals surface area (Å²) < 4.78 is 12.7. The number of nitrogens with one attached hydrogen (secondary N) is 1. The van der Waals surface area contributed by atoms with E-state index in [-0.39, 0.29) is 18.7 Å². The zero-order valence-electron chi connectivity index (χ0n) is 16.1. The maximum absolute atomic E-state index is 13.1. The molecule has 0 radical (unpaired) electrons. The lowest BCUT2D eigenvalue weighted by Gasteiger charge is -2.36. The van der Waals surface area contributed by atoms with E-state index in [2.05, 4.69) is 15.3 Å². The zero-order valence-corrected chi connectivity index (χ0v) is 16.1. The van der Waals surface area contributed by atoms with Crippen LogP contribution in [0.25, 0.3) is 0 Å². The van der Waals surface area contributed by atoms with E-state index >= 15 is 0 Å². The van der Waals surface area contributed by atoms with Crippen LogP contribution in [-0.2, 0) is 17.3 Å². The monoisotopic (exact) mass is 370 g/mol. The topological polar surface area (TPSA) is 68.6 Å². The predicted molar refractivity (Wildman–Crippen MR) is 102 cm³/mol. The molecule has 0 saturated carbocycles. The number of fused-ring (bicyclic) bond motifs is 1. The number of amides is 1. The predicted octanol–water partition coefficient (Wildman–Crippen LogP) is 2.21. The van der Waals surface area contributed by atoms with Gasteiger partial charge in [0, 0.05) is 32.2 Å². The highest BCUT2D eigenvalue weighted by atomic mass is 16.7. The SMILES string of the molecule is Cn1nccc1N1CCC[C@H](NC(=O)C(C)(C)c2ccc3c(c2)OCO3)C1. The Bertz CT molecular complexity index is 846. The first-order valence-corrected chi connectivity index (χ1v) is 9.39. The highest BCUT2D eigenvalue weighted by molar-refractivity contribution is 5.87. The van der Waals surface area contributed by atoms with Crippen molar-refractivity contribution in [1.29, 1.82) is 0 Å². The fourth-order valence-corrected chi connectivity index (χ4v) is 3.76. The Kier molecular flexibility index (Phi) is 4.45. The molecule has 2 aromatic rings. The maximum Gasteiger partial charge on any atom is 0.231 e. The van der Waals surface area contributed by atoms with E-state index < -0.39 is 5.41 Å². The fraction of sp³-hybridized carbons (Fsp3) is 0.500. The minimum absolute atomic E-state index is 0.0261. The van der Waals surface area contributed by atoms with E-state index in [1.54, 1.807) is 6.20 Å². The summed E-state index contributed by atoms with van der Waals surface area (Å²) in [5.74, 6) is 2.55. The number of hydrogen-bond acceptors (Lipinski definition) is 5. The summed E-state index contributed by atoms with van der Waals surface area (Å²) in [6.45, 7) is 5.90. The minimum Gasteiger partial charge on any atom is -0.454 e. The van der Waals surface area contributed by atoms with Gasteiger partial charge in [-0.25, -0.2) is 0 Å². The maximum atomic E-state index is 13.1. The third kappa shape index (κ3) is 3.34. The van der Waals surface area contributed by atoms with Gasteiger partial charge in [-0.1, -0.05) is 6.07 Å². The molecule has 7 heteroatoms. The molecule has 1 aromatic heterocycles. The molecule has 7 nitrogen and oxygen atoms in total. The molecule has 144 valence electrons. The lowest BCUT2D eigenvalue weighted by atomic mass is 9.83. The molecule has 0 aliphatic carbocycles. The van der Waals surface area contributed by atoms with Crippen molar-refractivity contribution >= 4 is 11.7 Å². The summed E-state index contributed by atoms with van der Waals surface area (Å²) >= 11 is 0. The number of carbonyl (C=O) groups excluding carboxylic acids is 1. The standard InChI is InChI=1S/C20H26N4O3/c1-20(2,14-6-7-16-17(11-14)27-13-26-16)19(25)22-15-5-4-10-24(12-15)18-8-9-21-23(18)3/h6-9,11,15H,4-5,10,12-13H2,1-3H3,(H,22,25)/t15-/m0/s1. The van der Waals surface area contributed by atoms with Crippen LogP contribution in [0.4, 0.5) is 5.82 Å². The second-order valence-corrected chi connectivity index (χ2v) is 7.76. The molecule has 4 rings (SSSR count). The van der Waals surface area contributed by atoms with Gasteiger partial charge in [-0.05, 0) is 44.4 Å². The molecular formula is C20H26N4O3. The van der Waals surface area contributed by atoms with Crippen LogP contribution in [0, 0.1) is 0 Å². The number of aryl methyl sites for hydroxylation is 1. The number of aromatic nitrogens is 2. The number of benzene rings is 1. The van der Waals surface area contributed by atoms with Crippen LogP contribution in [0.15, 0.2) is 30.5 Å². The molecule has 2 aliphatic rings. The molecule has 0 spiro atoms. The highest BCUT2D eigenvalue weighted by Gasteiger charge is 2.34. The van der Waals surface area contributed by atoms with E-state index in [4.69, 9.17) is 9.47 Å². The van der Waals surface area contributed by atoms with Crippen molar-refractivity contribution in [2.45, 2.75) is 38.1 Å². The molecule has 1 N–H and O–H groups in total. The normalized spacial score (nSPS) is 19.2. The Labute approximate surface area is 159 Å². The third-order valence-electron chi connectivity index (χ3n) is 5.54. The molecule has 0 unspecified atom stereocenters. The number of ether oxygens (including phenoxy) is 2. The van der Waals surface area contributed by atoms with Crippen molar-refractivity contribution in [2.24, 2.45) is 7.05 Å². The number of anilines is 1. The molecule has 1 amide bonds. The van der Waals surface area contributed by atoms with Gasteiger partial charge >= 0.3 is 0 Å². The Morgan fingerprint density at radius 3 is 2.85 bits per heavy atom. The Balaban J connectivity index is 1.45. The van der Waals surface area contributed by atoms with E-state index in [0.717, 1.165) is 43.1 Å². The van der Waals surface area contributed by atoms with Crippen LogP contribution in [0.5, 0.6) is 11.5 Å². The quantitative estimate of drug-likeness (QED) is 0.894. The largest absolute Gasteiger partial charge is 0.454 e. The van der Waals surface area contributed by atoms with Crippen molar-refractivity contribution in [1.82, 2.24) is 15.1 Å². The number of rotatable bonds is 4. The van der Waals surface area contributed by atoms with Crippen LogP contribution in [0.1, 0.15) is 32.3 Å². The molecule has 2 aliphatic heterocycles. The van der Waals surface area contributed by atoms with Gasteiger partial charge in [-0.3, -0.25) is 9.48 Å². The van der Waals surface area contributed by atoms with E-state index in [0.29, 0.717) is 5.75 Å². The summed E-state index contributed by atoms with van der Waals surface area (Å²) in [6.07, 6.45) is 3.83. The fourth-order valence-electron chi connectivity index (χ4n) is 3.76. The van der Waals surface area contributed by atoms with Gasteiger partial charge in [-0.2, -0.15) is 5.10 Å². The molecule has 1 aromatic carbocycles. The smallest absolute Gasteiger partial charge is 0.231 e. The molecular weight excluding hydrogens is 344 g/mol. The lowest BCUT2D eigenvalue weighted by molar-refractivity contribution is -0.126. The molecule has 1 saturated heterocycles. The molecule has 27 heavy (non-hydrogen) atoms. The highest BCUT2D eigenvalue weighted by Crippen LogP contribution is 2.36. The van der Waals surface area contributed by atoms with Gasteiger partial charge in [0.1, 0.15) is 5.82 Å². The summed E-state index contributed by atoms with van der Waals surface area (Å²) in [5, 5.41) is 7.51. The van der Waals surface area contributed by atoms with Crippen molar-refractivity contribution in [3.05, 3.63) is 36.0 Å². The average Bonchev–Trinajstić information content (AvgIpc) is 3.29. The first-order chi connectivity index (χ1) is 12.9. The Morgan fingerprint density at radius 2 is 2.07 bits per heavy atom. The van der Waals surface area contributed by atoms with Crippen molar-refractivity contribution in [3.8, 4) is 11.5 Å². The number of hydrogen-bond donors (Lipinski definition) is 1. The number of carbonyl (C=O) groups is 1. The van der Waals surface area contributed by atoms with Gasteiger partial charge in [0.15, 0.2) is 11.5 Å². The first kappa shape index (κ1) is 17.7. The van der Waals surface area contributed by atoms with Crippen LogP contribution < -0.4 is 19.7 Å². The van der Waals surface area contributed by atoms with Crippen molar-refractivity contribution in [3.63, 3.8) is 0 Å². The summed E-state index contributed by atoms with van der Waals surface area (Å²) in [7, 11) is 1.94. The summed E-state index contributed by atoms with van der Waals surface area (Å²) in [6, 6.07) is 7.85. The summed E-state index contributed by atoms with van der Waals surface area (Å²) in [4.78, 5) is 15.4. The lowest BCUT2D eigenvalue weighted by Crippen LogP contribution is -2.52. The van der Waals surface area contributed by atoms with Gasteiger partial charge in [0.05, 0.1) is 11.6 Å². The van der Waals surface area contributed by atoms with Gasteiger partial charge in [0.2, 0.25) is 12.7 Å². The van der Waals surface area contributed by atoms with Crippen LogP contribution in [-0.4, -0.2) is 41.6 Å². The molecule has 1 atom stereocenters. The Hall–Kier alpha value is -2.70. The van der Waals surface area contributed by atoms with Crippen LogP contribution in [0.2, 0.25) is 0 Å². The number of nitrogens with zero attached hydrogens (tertiary/aromatic N) is 3. The van der Waals surface area contributed by atoms with Crippen LogP contribution in [0.3, 0.4) is 0 Å². The Morgan fingerprint density at radius 1 is 1.26 bits per heavy atom. The van der Waals surface area contributed by atoms with Crippen molar-refractivity contribution < 1.29 is 14.3 Å². The van der Waals surface area contributed by atoms with Crippen molar-refractivity contribution in [2.75, 3.05) is 24.8 Å². The first-order valence-electron chi connectivity index (χ1n) is 9.39. The molecule has 0 bridgehead atoms. The van der Waals surface area contributed by atoms with Gasteiger partial charge in [0.25, 0.3) is 0 Å². The second-order valence-electron chi connectivity index (χ2n) is 7.76. The zero-order chi connectivity index (χ0) is 19.0. The van der Waals surface area contributed by atoms with E-state index in [1.165, 1.54) is 0 Å². The second kappa shape index (κ2) is 6.79. The molecule has 1 fully saturated rings. The number of piperidine rings is 1. The van der Waals surface area contributed by atoms with Gasteiger partial charge < -0.3 is 19.7 Å². The van der Waals surface area contributed by atoms with Gasteiger partial charge in [-0.15, -0.1) is 0 Å². The van der Waals surface area contributed by atoms with Crippen LogP contribution >= 0.6 is 0 Å². The molecule has 3 heterocycles. The van der Waals surface area contributed by atoms with E-state index in [1.807, 2.05) is 49.8 Å². The third-order valence-corrected chi connectivity index (χ3v) is 5.54. The average molecular weight is 370 g/mol. The van der Waals surface area contributed by atoms with E-state index in [9.17, 15) is 4.79 Å². The summed E-state index contributed by atoms with van der Waals surface area (Å²) in [5.41, 5.74) is 0.263. The minimum atomic E-state index is -0.657.